The van der Waals surface area contributed by atoms with Gasteiger partial charge in [-0.1, -0.05) is 60.2 Å². The standard InChI is InChI=1S/C28H25N3O3/c1-19-13-15-20(16-14-19)26-25-12-7-17-30(25)24-11-6-3-8-21(24)18-31(26)28(33)29-23-10-5-4-9-22(23)27(32)34-2/h3-17,26H,18H2,1-2H3,(H,29,33)/t26-/m0/s1. The SMILES string of the molecule is COC(=O)c1ccccc1NC(=O)N1Cc2ccccc2-n2cccc2[C@@H]1c1ccc(C)cc1. The first-order chi connectivity index (χ1) is 16.6. The second kappa shape index (κ2) is 8.90. The number of benzene rings is 3. The summed E-state index contributed by atoms with van der Waals surface area (Å²) in [7, 11) is 1.33. The Labute approximate surface area is 198 Å². The van der Waals surface area contributed by atoms with Crippen LogP contribution in [-0.2, 0) is 11.3 Å². The van der Waals surface area contributed by atoms with Crippen molar-refractivity contribution in [3.8, 4) is 5.69 Å². The molecule has 1 aliphatic rings. The smallest absolute Gasteiger partial charge is 0.339 e. The number of rotatable bonds is 3. The van der Waals surface area contributed by atoms with Gasteiger partial charge in [0.15, 0.2) is 0 Å². The second-order valence-electron chi connectivity index (χ2n) is 8.34. The number of nitrogens with one attached hydrogen (secondary N) is 1. The number of para-hydroxylation sites is 2. The van der Waals surface area contributed by atoms with Crippen molar-refractivity contribution in [2.75, 3.05) is 12.4 Å². The number of nitrogens with zero attached hydrogens (tertiary/aromatic N) is 2. The summed E-state index contributed by atoms with van der Waals surface area (Å²) in [4.78, 5) is 27.9. The molecule has 3 aromatic carbocycles. The van der Waals surface area contributed by atoms with E-state index in [1.54, 1.807) is 24.3 Å². The third-order valence-electron chi connectivity index (χ3n) is 6.19. The summed E-state index contributed by atoms with van der Waals surface area (Å²) < 4.78 is 7.05. The maximum absolute atomic E-state index is 13.8. The number of carbonyl (C=O) groups is 2. The third-order valence-corrected chi connectivity index (χ3v) is 6.19. The van der Waals surface area contributed by atoms with Crippen LogP contribution in [0.25, 0.3) is 5.69 Å². The van der Waals surface area contributed by atoms with Crippen molar-refractivity contribution >= 4 is 17.7 Å². The van der Waals surface area contributed by atoms with Crippen LogP contribution in [0.5, 0.6) is 0 Å². The predicted octanol–water partition coefficient (Wildman–Crippen LogP) is 5.71. The molecule has 0 radical (unpaired) electrons. The van der Waals surface area contributed by atoms with Crippen molar-refractivity contribution in [2.45, 2.75) is 19.5 Å². The number of anilines is 1. The molecule has 34 heavy (non-hydrogen) atoms. The molecule has 2 amide bonds. The molecule has 0 bridgehead atoms. The molecule has 1 aromatic heterocycles. The molecule has 2 heterocycles. The van der Waals surface area contributed by atoms with Gasteiger partial charge in [-0.2, -0.15) is 0 Å². The van der Waals surface area contributed by atoms with Crippen molar-refractivity contribution < 1.29 is 14.3 Å². The zero-order valence-corrected chi connectivity index (χ0v) is 19.1. The molecular weight excluding hydrogens is 426 g/mol. The lowest BCUT2D eigenvalue weighted by Gasteiger charge is -2.31. The van der Waals surface area contributed by atoms with E-state index in [9.17, 15) is 9.59 Å². The fourth-order valence-corrected chi connectivity index (χ4v) is 4.51. The average Bonchev–Trinajstić information content (AvgIpc) is 3.29. The molecule has 6 nitrogen and oxygen atoms in total. The maximum Gasteiger partial charge on any atom is 0.339 e. The molecule has 0 aliphatic carbocycles. The monoisotopic (exact) mass is 451 g/mol. The van der Waals surface area contributed by atoms with Gasteiger partial charge in [0.2, 0.25) is 0 Å². The number of carbonyl (C=O) groups excluding carboxylic acids is 2. The fourth-order valence-electron chi connectivity index (χ4n) is 4.51. The van der Waals surface area contributed by atoms with Gasteiger partial charge in [-0.3, -0.25) is 0 Å². The largest absolute Gasteiger partial charge is 0.465 e. The van der Waals surface area contributed by atoms with E-state index in [4.69, 9.17) is 4.74 Å². The van der Waals surface area contributed by atoms with Crippen molar-refractivity contribution in [2.24, 2.45) is 0 Å². The Morgan fingerprint density at radius 3 is 2.44 bits per heavy atom. The highest BCUT2D eigenvalue weighted by Gasteiger charge is 2.33. The van der Waals surface area contributed by atoms with Gasteiger partial charge in [0, 0.05) is 11.9 Å². The van der Waals surface area contributed by atoms with Crippen molar-refractivity contribution in [1.29, 1.82) is 0 Å². The van der Waals surface area contributed by atoms with E-state index in [-0.39, 0.29) is 12.1 Å². The van der Waals surface area contributed by atoms with E-state index in [0.29, 0.717) is 17.8 Å². The highest BCUT2D eigenvalue weighted by molar-refractivity contribution is 6.01. The van der Waals surface area contributed by atoms with Crippen LogP contribution in [0.4, 0.5) is 10.5 Å². The van der Waals surface area contributed by atoms with Crippen molar-refractivity contribution in [3.63, 3.8) is 0 Å². The minimum atomic E-state index is -0.499. The predicted molar refractivity (Wildman–Crippen MR) is 131 cm³/mol. The van der Waals surface area contributed by atoms with Crippen molar-refractivity contribution in [3.05, 3.63) is 119 Å². The molecule has 0 saturated carbocycles. The molecule has 6 heteroatoms. The van der Waals surface area contributed by atoms with Crippen LogP contribution in [0.1, 0.15) is 38.8 Å². The van der Waals surface area contributed by atoms with Gasteiger partial charge in [-0.25, -0.2) is 9.59 Å². The zero-order valence-electron chi connectivity index (χ0n) is 19.1. The molecule has 0 fully saturated rings. The number of ether oxygens (including phenoxy) is 1. The molecule has 0 spiro atoms. The summed E-state index contributed by atoms with van der Waals surface area (Å²) in [5.74, 6) is -0.499. The van der Waals surface area contributed by atoms with Gasteiger partial charge < -0.3 is 19.5 Å². The molecule has 0 saturated heterocycles. The van der Waals surface area contributed by atoms with E-state index in [0.717, 1.165) is 28.1 Å². The van der Waals surface area contributed by atoms with Crippen LogP contribution in [-0.4, -0.2) is 28.6 Å². The zero-order chi connectivity index (χ0) is 23.7. The highest BCUT2D eigenvalue weighted by atomic mass is 16.5. The second-order valence-corrected chi connectivity index (χ2v) is 8.34. The van der Waals surface area contributed by atoms with Crippen LogP contribution in [0.3, 0.4) is 0 Å². The normalized spacial score (nSPS) is 14.5. The Balaban J connectivity index is 1.61. The van der Waals surface area contributed by atoms with Gasteiger partial charge in [-0.15, -0.1) is 0 Å². The number of urea groups is 1. The number of hydrogen-bond donors (Lipinski definition) is 1. The number of amides is 2. The Bertz CT molecular complexity index is 1360. The topological polar surface area (TPSA) is 63.6 Å². The van der Waals surface area contributed by atoms with Crippen LogP contribution < -0.4 is 5.32 Å². The summed E-state index contributed by atoms with van der Waals surface area (Å²) in [6.07, 6.45) is 2.03. The van der Waals surface area contributed by atoms with Gasteiger partial charge in [0.25, 0.3) is 0 Å². The first-order valence-electron chi connectivity index (χ1n) is 11.1. The lowest BCUT2D eigenvalue weighted by atomic mass is 10.0. The van der Waals surface area contributed by atoms with E-state index in [2.05, 4.69) is 46.3 Å². The minimum Gasteiger partial charge on any atom is -0.465 e. The molecule has 5 rings (SSSR count). The van der Waals surface area contributed by atoms with Gasteiger partial charge >= 0.3 is 12.0 Å². The molecule has 0 unspecified atom stereocenters. The fraction of sp³-hybridized carbons (Fsp3) is 0.143. The molecule has 170 valence electrons. The van der Waals surface area contributed by atoms with Gasteiger partial charge in [0.05, 0.1) is 36.6 Å². The maximum atomic E-state index is 13.8. The number of esters is 1. The Kier molecular flexibility index (Phi) is 5.64. The number of methoxy groups -OCH3 is 1. The molecule has 1 N–H and O–H groups in total. The average molecular weight is 452 g/mol. The molecular formula is C28H25N3O3. The quantitative estimate of drug-likeness (QED) is 0.406. The molecule has 1 atom stereocenters. The minimum absolute atomic E-state index is 0.300. The van der Waals surface area contributed by atoms with E-state index in [1.165, 1.54) is 7.11 Å². The number of aryl methyl sites for hydroxylation is 1. The first kappa shape index (κ1) is 21.5. The Morgan fingerprint density at radius 2 is 1.65 bits per heavy atom. The summed E-state index contributed by atoms with van der Waals surface area (Å²) in [6, 6.07) is 26.6. The van der Waals surface area contributed by atoms with Crippen molar-refractivity contribution in [1.82, 2.24) is 9.47 Å². The Hall–Kier alpha value is -4.32. The lowest BCUT2D eigenvalue weighted by molar-refractivity contribution is 0.0602. The highest BCUT2D eigenvalue weighted by Crippen LogP contribution is 2.37. The number of fused-ring (bicyclic) bond motifs is 3. The third kappa shape index (κ3) is 3.83. The molecule has 4 aromatic rings. The summed E-state index contributed by atoms with van der Waals surface area (Å²) in [5.41, 5.74) is 5.95. The van der Waals surface area contributed by atoms with E-state index < -0.39 is 5.97 Å². The number of hydrogen-bond acceptors (Lipinski definition) is 3. The lowest BCUT2D eigenvalue weighted by Crippen LogP contribution is -2.38. The van der Waals surface area contributed by atoms with E-state index in [1.807, 2.05) is 42.3 Å². The summed E-state index contributed by atoms with van der Waals surface area (Å²) in [5, 5.41) is 2.97. The summed E-state index contributed by atoms with van der Waals surface area (Å²) >= 11 is 0. The van der Waals surface area contributed by atoms with Gasteiger partial charge in [0.1, 0.15) is 0 Å². The van der Waals surface area contributed by atoms with Crippen LogP contribution in [0, 0.1) is 6.92 Å². The van der Waals surface area contributed by atoms with E-state index >= 15 is 0 Å². The van der Waals surface area contributed by atoms with Gasteiger partial charge in [-0.05, 0) is 48.4 Å². The molecule has 1 aliphatic heterocycles. The van der Waals surface area contributed by atoms with Crippen LogP contribution in [0.15, 0.2) is 91.1 Å². The summed E-state index contributed by atoms with van der Waals surface area (Å²) in [6.45, 7) is 2.45. The van der Waals surface area contributed by atoms with Crippen LogP contribution in [0.2, 0.25) is 0 Å². The van der Waals surface area contributed by atoms with Crippen LogP contribution >= 0.6 is 0 Å². The first-order valence-corrected chi connectivity index (χ1v) is 11.1. The number of aromatic nitrogens is 1. The Morgan fingerprint density at radius 1 is 0.912 bits per heavy atom.